The lowest BCUT2D eigenvalue weighted by Crippen LogP contribution is -1.99. The molecule has 0 N–H and O–H groups in total. The van der Waals surface area contributed by atoms with Crippen molar-refractivity contribution in [1.29, 1.82) is 0 Å². The number of carbonyl (C=O) groups is 1. The zero-order chi connectivity index (χ0) is 13.4. The highest BCUT2D eigenvalue weighted by molar-refractivity contribution is 7.20. The van der Waals surface area contributed by atoms with Crippen molar-refractivity contribution in [3.63, 3.8) is 0 Å². The molecule has 3 aromatic rings. The maximum atomic E-state index is 12.4. The second kappa shape index (κ2) is 4.59. The highest BCUT2D eigenvalue weighted by Gasteiger charge is 2.14. The Morgan fingerprint density at radius 2 is 1.68 bits per heavy atom. The summed E-state index contributed by atoms with van der Waals surface area (Å²) >= 11 is 1.46. The second-order valence-corrected chi connectivity index (χ2v) is 5.72. The third-order valence-electron chi connectivity index (χ3n) is 3.05. The van der Waals surface area contributed by atoms with Crippen molar-refractivity contribution in [2.45, 2.75) is 13.8 Å². The van der Waals surface area contributed by atoms with Crippen molar-refractivity contribution in [1.82, 2.24) is 4.98 Å². The van der Waals surface area contributed by atoms with Gasteiger partial charge in [-0.2, -0.15) is 0 Å². The number of fused-ring (bicyclic) bond motifs is 1. The molecule has 2 aromatic carbocycles. The summed E-state index contributed by atoms with van der Waals surface area (Å²) in [6.07, 6.45) is 0. The smallest absolute Gasteiger partial charge is 0.221 e. The van der Waals surface area contributed by atoms with E-state index in [0.29, 0.717) is 10.6 Å². The standard InChI is InChI=1S/C16H13NOS/c1-10-3-6-12(7-4-10)15(18)16-17-13-8-5-11(2)9-14(13)19-16/h3-9H,1-2H3. The van der Waals surface area contributed by atoms with Gasteiger partial charge in [0.2, 0.25) is 5.78 Å². The largest absolute Gasteiger partial charge is 0.286 e. The number of hydrogen-bond donors (Lipinski definition) is 0. The Hall–Kier alpha value is -2.00. The van der Waals surface area contributed by atoms with Crippen molar-refractivity contribution < 1.29 is 4.79 Å². The summed E-state index contributed by atoms with van der Waals surface area (Å²) < 4.78 is 1.07. The van der Waals surface area contributed by atoms with Crippen LogP contribution in [0.3, 0.4) is 0 Å². The van der Waals surface area contributed by atoms with E-state index < -0.39 is 0 Å². The summed E-state index contributed by atoms with van der Waals surface area (Å²) in [5.74, 6) is -0.00106. The molecule has 0 fully saturated rings. The Morgan fingerprint density at radius 1 is 1.00 bits per heavy atom. The zero-order valence-corrected chi connectivity index (χ0v) is 11.6. The summed E-state index contributed by atoms with van der Waals surface area (Å²) in [5, 5.41) is 0.560. The number of aryl methyl sites for hydroxylation is 2. The SMILES string of the molecule is Cc1ccc(C(=O)c2nc3ccc(C)cc3s2)cc1. The molecular weight excluding hydrogens is 254 g/mol. The summed E-state index contributed by atoms with van der Waals surface area (Å²) in [6.45, 7) is 4.05. The number of thiazole rings is 1. The van der Waals surface area contributed by atoms with E-state index in [9.17, 15) is 4.79 Å². The second-order valence-electron chi connectivity index (χ2n) is 4.69. The number of aromatic nitrogens is 1. The quantitative estimate of drug-likeness (QED) is 0.653. The fraction of sp³-hybridized carbons (Fsp3) is 0.125. The Bertz CT molecular complexity index is 756. The van der Waals surface area contributed by atoms with Gasteiger partial charge in [0.05, 0.1) is 10.2 Å². The maximum absolute atomic E-state index is 12.4. The molecule has 3 heteroatoms. The van der Waals surface area contributed by atoms with Crippen LogP contribution in [0.15, 0.2) is 42.5 Å². The summed E-state index contributed by atoms with van der Waals surface area (Å²) in [5.41, 5.74) is 3.93. The predicted molar refractivity (Wildman–Crippen MR) is 79.0 cm³/mol. The highest BCUT2D eigenvalue weighted by atomic mass is 32.1. The number of carbonyl (C=O) groups excluding carboxylic acids is 1. The van der Waals surface area contributed by atoms with Crippen LogP contribution < -0.4 is 0 Å². The molecule has 0 aliphatic rings. The molecule has 0 saturated heterocycles. The number of hydrogen-bond acceptors (Lipinski definition) is 3. The van der Waals surface area contributed by atoms with Gasteiger partial charge < -0.3 is 0 Å². The topological polar surface area (TPSA) is 30.0 Å². The molecule has 0 bridgehead atoms. The first-order chi connectivity index (χ1) is 9.13. The molecule has 0 atom stereocenters. The summed E-state index contributed by atoms with van der Waals surface area (Å²) in [7, 11) is 0. The first-order valence-electron chi connectivity index (χ1n) is 6.12. The van der Waals surface area contributed by atoms with Gasteiger partial charge in [0.1, 0.15) is 0 Å². The van der Waals surface area contributed by atoms with E-state index in [1.165, 1.54) is 16.9 Å². The van der Waals surface area contributed by atoms with Crippen molar-refractivity contribution in [2.24, 2.45) is 0 Å². The zero-order valence-electron chi connectivity index (χ0n) is 10.8. The molecule has 94 valence electrons. The molecule has 3 rings (SSSR count). The van der Waals surface area contributed by atoms with Gasteiger partial charge in [-0.05, 0) is 31.5 Å². The molecule has 0 aliphatic carbocycles. The van der Waals surface area contributed by atoms with Gasteiger partial charge in [0, 0.05) is 5.56 Å². The molecule has 2 nitrogen and oxygen atoms in total. The van der Waals surface area contributed by atoms with Gasteiger partial charge in [-0.3, -0.25) is 4.79 Å². The molecule has 0 radical (unpaired) electrons. The fourth-order valence-electron chi connectivity index (χ4n) is 1.96. The van der Waals surface area contributed by atoms with E-state index in [1.807, 2.05) is 50.2 Å². The van der Waals surface area contributed by atoms with Crippen LogP contribution in [-0.2, 0) is 0 Å². The van der Waals surface area contributed by atoms with Gasteiger partial charge in [-0.25, -0.2) is 4.98 Å². The number of nitrogens with zero attached hydrogens (tertiary/aromatic N) is 1. The van der Waals surface area contributed by atoms with Crippen LogP contribution in [0.5, 0.6) is 0 Å². The fourth-order valence-corrected chi connectivity index (χ4v) is 2.98. The van der Waals surface area contributed by atoms with Crippen molar-refractivity contribution in [2.75, 3.05) is 0 Å². The van der Waals surface area contributed by atoms with Crippen molar-refractivity contribution >= 4 is 27.3 Å². The Balaban J connectivity index is 2.04. The maximum Gasteiger partial charge on any atom is 0.221 e. The van der Waals surface area contributed by atoms with Gasteiger partial charge in [-0.1, -0.05) is 35.9 Å². The lowest BCUT2D eigenvalue weighted by Gasteiger charge is -1.97. The predicted octanol–water partition coefficient (Wildman–Crippen LogP) is 4.14. The van der Waals surface area contributed by atoms with Crippen molar-refractivity contribution in [3.8, 4) is 0 Å². The van der Waals surface area contributed by atoms with E-state index in [4.69, 9.17) is 0 Å². The normalized spacial score (nSPS) is 10.8. The minimum atomic E-state index is -0.00106. The van der Waals surface area contributed by atoms with E-state index in [-0.39, 0.29) is 5.78 Å². The lowest BCUT2D eigenvalue weighted by atomic mass is 10.1. The Labute approximate surface area is 115 Å². The number of benzene rings is 2. The van der Waals surface area contributed by atoms with Crippen LogP contribution in [0, 0.1) is 13.8 Å². The average molecular weight is 267 g/mol. The minimum Gasteiger partial charge on any atom is -0.286 e. The van der Waals surface area contributed by atoms with Gasteiger partial charge in [0.25, 0.3) is 0 Å². The molecule has 0 amide bonds. The minimum absolute atomic E-state index is 0.00106. The van der Waals surface area contributed by atoms with Crippen LogP contribution in [0.1, 0.15) is 26.5 Å². The molecule has 0 unspecified atom stereocenters. The molecule has 19 heavy (non-hydrogen) atoms. The summed E-state index contributed by atoms with van der Waals surface area (Å²) in [4.78, 5) is 16.8. The lowest BCUT2D eigenvalue weighted by molar-refractivity contribution is 0.103. The van der Waals surface area contributed by atoms with Gasteiger partial charge >= 0.3 is 0 Å². The number of rotatable bonds is 2. The van der Waals surface area contributed by atoms with Crippen LogP contribution in [0.4, 0.5) is 0 Å². The molecule has 0 spiro atoms. The first kappa shape index (κ1) is 12.1. The highest BCUT2D eigenvalue weighted by Crippen LogP contribution is 2.25. The average Bonchev–Trinajstić information content (AvgIpc) is 2.81. The number of ketones is 1. The van der Waals surface area contributed by atoms with Crippen LogP contribution >= 0.6 is 11.3 Å². The van der Waals surface area contributed by atoms with Crippen molar-refractivity contribution in [3.05, 3.63) is 64.2 Å². The van der Waals surface area contributed by atoms with Crippen LogP contribution in [0.2, 0.25) is 0 Å². The van der Waals surface area contributed by atoms with Crippen LogP contribution in [-0.4, -0.2) is 10.8 Å². The van der Waals surface area contributed by atoms with Crippen LogP contribution in [0.25, 0.3) is 10.2 Å². The molecule has 0 aliphatic heterocycles. The Morgan fingerprint density at radius 3 is 2.42 bits per heavy atom. The molecule has 1 aromatic heterocycles. The van der Waals surface area contributed by atoms with E-state index in [0.717, 1.165) is 15.8 Å². The third kappa shape index (κ3) is 2.29. The first-order valence-corrected chi connectivity index (χ1v) is 6.94. The van der Waals surface area contributed by atoms with E-state index in [2.05, 4.69) is 11.1 Å². The van der Waals surface area contributed by atoms with E-state index in [1.54, 1.807) is 0 Å². The molecular formula is C16H13NOS. The molecule has 0 saturated carbocycles. The van der Waals surface area contributed by atoms with Gasteiger partial charge in [0.15, 0.2) is 5.01 Å². The third-order valence-corrected chi connectivity index (χ3v) is 4.07. The summed E-state index contributed by atoms with van der Waals surface area (Å²) in [6, 6.07) is 13.7. The van der Waals surface area contributed by atoms with Gasteiger partial charge in [-0.15, -0.1) is 11.3 Å². The van der Waals surface area contributed by atoms with E-state index >= 15 is 0 Å². The monoisotopic (exact) mass is 267 g/mol. The molecule has 1 heterocycles. The Kier molecular flexibility index (Phi) is 2.91.